The zero-order valence-electron chi connectivity index (χ0n) is 13.6. The van der Waals surface area contributed by atoms with Crippen molar-refractivity contribution >= 4 is 15.9 Å². The van der Waals surface area contributed by atoms with Crippen LogP contribution in [0.4, 0.5) is 4.39 Å². The Kier molecular flexibility index (Phi) is 4.48. The van der Waals surface area contributed by atoms with Crippen LogP contribution in [0.2, 0.25) is 0 Å². The van der Waals surface area contributed by atoms with Gasteiger partial charge in [-0.25, -0.2) is 12.8 Å². The Labute approximate surface area is 144 Å². The van der Waals surface area contributed by atoms with Crippen molar-refractivity contribution in [1.82, 2.24) is 19.4 Å². The molecule has 1 amide bonds. The fourth-order valence-electron chi connectivity index (χ4n) is 2.76. The second-order valence-electron chi connectivity index (χ2n) is 5.49. The number of ether oxygens (including phenoxy) is 1. The molecule has 2 aromatic rings. The lowest BCUT2D eigenvalue weighted by atomic mass is 10.2. The average molecular weight is 368 g/mol. The monoisotopic (exact) mass is 368 g/mol. The van der Waals surface area contributed by atoms with Gasteiger partial charge in [-0.15, -0.1) is 0 Å². The summed E-state index contributed by atoms with van der Waals surface area (Å²) in [5.74, 6) is -1.17. The lowest BCUT2D eigenvalue weighted by Gasteiger charge is -2.32. The number of sulfonamides is 1. The summed E-state index contributed by atoms with van der Waals surface area (Å²) in [6.07, 6.45) is 1.51. The Morgan fingerprint density at radius 1 is 1.40 bits per heavy atom. The number of methoxy groups -OCH3 is 1. The number of fused-ring (bicyclic) bond motifs is 1. The molecular formula is C15H17FN4O4S. The van der Waals surface area contributed by atoms with E-state index < -0.39 is 21.9 Å². The molecule has 0 unspecified atom stereocenters. The van der Waals surface area contributed by atoms with E-state index in [4.69, 9.17) is 4.74 Å². The summed E-state index contributed by atoms with van der Waals surface area (Å²) >= 11 is 0. The number of nitrogens with one attached hydrogen (secondary N) is 1. The molecule has 1 aliphatic rings. The minimum atomic E-state index is -3.99. The first kappa shape index (κ1) is 17.4. The molecule has 10 heteroatoms. The number of carbonyl (C=O) groups is 1. The molecule has 1 aromatic heterocycles. The first-order valence-corrected chi connectivity index (χ1v) is 8.90. The van der Waals surface area contributed by atoms with Gasteiger partial charge < -0.3 is 10.1 Å². The zero-order chi connectivity index (χ0) is 18.2. The Balaban J connectivity index is 1.98. The van der Waals surface area contributed by atoms with Gasteiger partial charge in [0.25, 0.3) is 0 Å². The normalized spacial score (nSPS) is 17.8. The number of nitrogens with zero attached hydrogens (tertiary/aromatic N) is 3. The predicted molar refractivity (Wildman–Crippen MR) is 85.9 cm³/mol. The maximum atomic E-state index is 13.9. The van der Waals surface area contributed by atoms with Crippen LogP contribution >= 0.6 is 0 Å². The van der Waals surface area contributed by atoms with E-state index in [9.17, 15) is 17.6 Å². The molecule has 1 atom stereocenters. The van der Waals surface area contributed by atoms with Crippen LogP contribution in [0, 0.1) is 5.82 Å². The van der Waals surface area contributed by atoms with E-state index in [0.717, 1.165) is 10.4 Å². The van der Waals surface area contributed by atoms with Crippen LogP contribution in [-0.4, -0.2) is 49.1 Å². The van der Waals surface area contributed by atoms with Crippen molar-refractivity contribution in [2.75, 3.05) is 20.7 Å². The number of benzene rings is 1. The van der Waals surface area contributed by atoms with E-state index in [2.05, 4.69) is 10.4 Å². The van der Waals surface area contributed by atoms with E-state index in [1.54, 1.807) is 6.07 Å². The topological polar surface area (TPSA) is 93.5 Å². The van der Waals surface area contributed by atoms with E-state index in [1.807, 2.05) is 0 Å². The van der Waals surface area contributed by atoms with Crippen molar-refractivity contribution in [3.63, 3.8) is 0 Å². The molecule has 1 aliphatic heterocycles. The SMILES string of the molecule is CNC(=O)[C@@H]1CN(S(=O)(=O)c2ccc(OC)c(F)c2)Cc2ccnn21. The van der Waals surface area contributed by atoms with E-state index in [-0.39, 0.29) is 29.6 Å². The maximum absolute atomic E-state index is 13.9. The number of carbonyl (C=O) groups excluding carboxylic acids is 1. The first-order chi connectivity index (χ1) is 11.9. The van der Waals surface area contributed by atoms with Crippen molar-refractivity contribution in [2.24, 2.45) is 0 Å². The lowest BCUT2D eigenvalue weighted by Crippen LogP contribution is -2.46. The van der Waals surface area contributed by atoms with Gasteiger partial charge in [-0.1, -0.05) is 0 Å². The molecule has 8 nitrogen and oxygen atoms in total. The minimum absolute atomic E-state index is 0.0427. The highest BCUT2D eigenvalue weighted by molar-refractivity contribution is 7.89. The van der Waals surface area contributed by atoms with Crippen LogP contribution in [0.25, 0.3) is 0 Å². The molecule has 134 valence electrons. The summed E-state index contributed by atoms with van der Waals surface area (Å²) < 4.78 is 47.1. The highest BCUT2D eigenvalue weighted by Gasteiger charge is 2.37. The number of amides is 1. The molecule has 0 radical (unpaired) electrons. The average Bonchev–Trinajstić information content (AvgIpc) is 3.08. The number of rotatable bonds is 4. The van der Waals surface area contributed by atoms with Crippen molar-refractivity contribution in [3.05, 3.63) is 42.0 Å². The van der Waals surface area contributed by atoms with Gasteiger partial charge in [-0.2, -0.15) is 9.40 Å². The molecule has 0 fully saturated rings. The number of hydrogen-bond donors (Lipinski definition) is 1. The third-order valence-electron chi connectivity index (χ3n) is 4.07. The Hall–Kier alpha value is -2.46. The van der Waals surface area contributed by atoms with Gasteiger partial charge in [0.1, 0.15) is 6.04 Å². The molecule has 0 aliphatic carbocycles. The highest BCUT2D eigenvalue weighted by Crippen LogP contribution is 2.28. The van der Waals surface area contributed by atoms with Crippen LogP contribution < -0.4 is 10.1 Å². The molecule has 2 heterocycles. The third kappa shape index (κ3) is 2.98. The minimum Gasteiger partial charge on any atom is -0.494 e. The summed E-state index contributed by atoms with van der Waals surface area (Å²) in [6, 6.07) is 4.30. The van der Waals surface area contributed by atoms with Crippen molar-refractivity contribution < 1.29 is 22.3 Å². The van der Waals surface area contributed by atoms with E-state index in [0.29, 0.717) is 5.69 Å². The van der Waals surface area contributed by atoms with E-state index >= 15 is 0 Å². The number of halogens is 1. The summed E-state index contributed by atoms with van der Waals surface area (Å²) in [6.45, 7) is -0.0478. The summed E-state index contributed by atoms with van der Waals surface area (Å²) in [7, 11) is -1.22. The van der Waals surface area contributed by atoms with Crippen LogP contribution in [-0.2, 0) is 21.4 Å². The molecule has 25 heavy (non-hydrogen) atoms. The van der Waals surface area contributed by atoms with Crippen molar-refractivity contribution in [3.8, 4) is 5.75 Å². The van der Waals surface area contributed by atoms with Crippen molar-refractivity contribution in [2.45, 2.75) is 17.5 Å². The quantitative estimate of drug-likeness (QED) is 0.849. The van der Waals surface area contributed by atoms with E-state index in [1.165, 1.54) is 37.2 Å². The Bertz CT molecular complexity index is 912. The van der Waals surface area contributed by atoms with Crippen molar-refractivity contribution in [1.29, 1.82) is 0 Å². The molecule has 1 N–H and O–H groups in total. The smallest absolute Gasteiger partial charge is 0.246 e. The van der Waals surface area contributed by atoms with Gasteiger partial charge >= 0.3 is 0 Å². The largest absolute Gasteiger partial charge is 0.494 e. The second-order valence-corrected chi connectivity index (χ2v) is 7.43. The highest BCUT2D eigenvalue weighted by atomic mass is 32.2. The number of hydrogen-bond acceptors (Lipinski definition) is 5. The first-order valence-electron chi connectivity index (χ1n) is 7.46. The molecule has 0 bridgehead atoms. The fourth-order valence-corrected chi connectivity index (χ4v) is 4.19. The molecule has 1 aromatic carbocycles. The van der Waals surface area contributed by atoms with Gasteiger partial charge in [-0.3, -0.25) is 9.48 Å². The van der Waals surface area contributed by atoms with Gasteiger partial charge in [-0.05, 0) is 24.3 Å². The van der Waals surface area contributed by atoms with Crippen LogP contribution in [0.1, 0.15) is 11.7 Å². The standard InChI is InChI=1S/C15H17FN4O4S/c1-17-15(21)13-9-19(8-10-5-6-18-20(10)13)25(22,23)11-3-4-14(24-2)12(16)7-11/h3-7,13H,8-9H2,1-2H3,(H,17,21)/t13-/m0/s1. The number of likely N-dealkylation sites (N-methyl/N-ethyl adjacent to an activating group) is 1. The number of aromatic nitrogens is 2. The predicted octanol–water partition coefficient (Wildman–Crippen LogP) is 0.522. The second kappa shape index (κ2) is 6.45. The molecule has 0 saturated carbocycles. The maximum Gasteiger partial charge on any atom is 0.246 e. The Morgan fingerprint density at radius 3 is 2.80 bits per heavy atom. The third-order valence-corrected chi connectivity index (χ3v) is 5.88. The molecule has 0 saturated heterocycles. The van der Waals surface area contributed by atoms with Gasteiger partial charge in [0.05, 0.1) is 24.2 Å². The summed E-state index contributed by atoms with van der Waals surface area (Å²) in [5.41, 5.74) is 0.581. The Morgan fingerprint density at radius 2 is 2.16 bits per heavy atom. The summed E-state index contributed by atoms with van der Waals surface area (Å²) in [4.78, 5) is 11.9. The zero-order valence-corrected chi connectivity index (χ0v) is 14.5. The summed E-state index contributed by atoms with van der Waals surface area (Å²) in [5, 5.41) is 6.59. The molecular weight excluding hydrogens is 351 g/mol. The van der Waals surface area contributed by atoms with Crippen LogP contribution in [0.15, 0.2) is 35.4 Å². The lowest BCUT2D eigenvalue weighted by molar-refractivity contribution is -0.124. The fraction of sp³-hybridized carbons (Fsp3) is 0.333. The molecule has 0 spiro atoms. The van der Waals surface area contributed by atoms with Gasteiger partial charge in [0, 0.05) is 19.8 Å². The van der Waals surface area contributed by atoms with Gasteiger partial charge in [0.2, 0.25) is 15.9 Å². The van der Waals surface area contributed by atoms with Crippen LogP contribution in [0.5, 0.6) is 5.75 Å². The molecule has 3 rings (SSSR count). The van der Waals surface area contributed by atoms with Gasteiger partial charge in [0.15, 0.2) is 11.6 Å². The van der Waals surface area contributed by atoms with Crippen LogP contribution in [0.3, 0.4) is 0 Å².